The molecule has 1 aromatic carbocycles. The molecule has 0 amide bonds. The highest BCUT2D eigenvalue weighted by molar-refractivity contribution is 5.22. The molecule has 2 atom stereocenters. The van der Waals surface area contributed by atoms with Crippen molar-refractivity contribution >= 4 is 0 Å². The Morgan fingerprint density at radius 3 is 2.67 bits per heavy atom. The van der Waals surface area contributed by atoms with Gasteiger partial charge in [0.05, 0.1) is 6.61 Å². The average molecular weight is 205 g/mol. The highest BCUT2D eigenvalue weighted by Crippen LogP contribution is 2.37. The Morgan fingerprint density at radius 1 is 1.33 bits per heavy atom. The minimum absolute atomic E-state index is 0.598. The van der Waals surface area contributed by atoms with Crippen molar-refractivity contribution < 1.29 is 4.74 Å². The van der Waals surface area contributed by atoms with E-state index in [1.807, 2.05) is 0 Å². The smallest absolute Gasteiger partial charge is 0.0589 e. The van der Waals surface area contributed by atoms with Crippen LogP contribution < -0.4 is 0 Å². The Morgan fingerprint density at radius 2 is 2.07 bits per heavy atom. The van der Waals surface area contributed by atoms with E-state index in [1.165, 1.54) is 12.1 Å². The highest BCUT2D eigenvalue weighted by Gasteiger charge is 2.35. The van der Waals surface area contributed by atoms with Gasteiger partial charge < -0.3 is 4.74 Å². The fraction of sp³-hybridized carbons (Fsp3) is 0.538. The van der Waals surface area contributed by atoms with Crippen LogP contribution in [-0.2, 0) is 4.74 Å². The number of ether oxygens (including phenoxy) is 1. The molecule has 15 heavy (non-hydrogen) atoms. The molecular formula is C13H19NO. The van der Waals surface area contributed by atoms with Gasteiger partial charge in [-0.15, -0.1) is 0 Å². The van der Waals surface area contributed by atoms with Crippen LogP contribution in [0.5, 0.6) is 0 Å². The lowest BCUT2D eigenvalue weighted by Gasteiger charge is -2.47. The number of hydrogen-bond acceptors (Lipinski definition) is 2. The van der Waals surface area contributed by atoms with Crippen molar-refractivity contribution in [3.63, 3.8) is 0 Å². The monoisotopic (exact) mass is 205 g/mol. The second-order valence-electron chi connectivity index (χ2n) is 4.32. The molecule has 0 unspecified atom stereocenters. The molecule has 2 nitrogen and oxygen atoms in total. The Hall–Kier alpha value is -0.860. The molecule has 2 heteroatoms. The molecule has 1 fully saturated rings. The van der Waals surface area contributed by atoms with Crippen LogP contribution in [0.15, 0.2) is 30.3 Å². The lowest BCUT2D eigenvalue weighted by Crippen LogP contribution is -2.49. The predicted molar refractivity (Wildman–Crippen MR) is 61.8 cm³/mol. The molecule has 0 N–H and O–H groups in total. The molecule has 1 aliphatic heterocycles. The highest BCUT2D eigenvalue weighted by atomic mass is 16.5. The van der Waals surface area contributed by atoms with E-state index >= 15 is 0 Å². The van der Waals surface area contributed by atoms with Gasteiger partial charge in [-0.1, -0.05) is 37.3 Å². The van der Waals surface area contributed by atoms with Crippen LogP contribution in [0.1, 0.15) is 18.5 Å². The molecule has 0 spiro atoms. The summed E-state index contributed by atoms with van der Waals surface area (Å²) in [6.07, 6.45) is 0. The second-order valence-corrected chi connectivity index (χ2v) is 4.32. The average Bonchev–Trinajstić information content (AvgIpc) is 2.25. The number of hydrogen-bond donors (Lipinski definition) is 0. The summed E-state index contributed by atoms with van der Waals surface area (Å²) in [7, 11) is 1.76. The SMILES string of the molecule is COCCN1C[C@@H](C)[C@@H]1c1ccccc1. The zero-order chi connectivity index (χ0) is 10.7. The van der Waals surface area contributed by atoms with Crippen molar-refractivity contribution in [3.05, 3.63) is 35.9 Å². The third kappa shape index (κ3) is 2.21. The maximum atomic E-state index is 5.13. The molecule has 1 saturated heterocycles. The fourth-order valence-corrected chi connectivity index (χ4v) is 2.43. The van der Waals surface area contributed by atoms with Gasteiger partial charge in [0.2, 0.25) is 0 Å². The van der Waals surface area contributed by atoms with Gasteiger partial charge in [0.15, 0.2) is 0 Å². The molecule has 2 rings (SSSR count). The van der Waals surface area contributed by atoms with Crippen LogP contribution in [-0.4, -0.2) is 31.7 Å². The minimum Gasteiger partial charge on any atom is -0.383 e. The maximum Gasteiger partial charge on any atom is 0.0589 e. The Kier molecular flexibility index (Phi) is 3.39. The van der Waals surface area contributed by atoms with Gasteiger partial charge in [0, 0.05) is 26.2 Å². The van der Waals surface area contributed by atoms with Crippen molar-refractivity contribution in [2.75, 3.05) is 26.8 Å². The fourth-order valence-electron chi connectivity index (χ4n) is 2.43. The Labute approximate surface area is 91.9 Å². The predicted octanol–water partition coefficient (Wildman–Crippen LogP) is 2.33. The molecule has 0 aromatic heterocycles. The molecule has 0 radical (unpaired) electrons. The van der Waals surface area contributed by atoms with E-state index in [0.717, 1.165) is 19.1 Å². The second kappa shape index (κ2) is 4.77. The largest absolute Gasteiger partial charge is 0.383 e. The third-order valence-electron chi connectivity index (χ3n) is 3.18. The summed E-state index contributed by atoms with van der Waals surface area (Å²) >= 11 is 0. The summed E-state index contributed by atoms with van der Waals surface area (Å²) in [6, 6.07) is 11.4. The standard InChI is InChI=1S/C13H19NO/c1-11-10-14(8-9-15-2)13(11)12-6-4-3-5-7-12/h3-7,11,13H,8-10H2,1-2H3/t11-,13-/m1/s1. The van der Waals surface area contributed by atoms with Crippen LogP contribution >= 0.6 is 0 Å². The number of rotatable bonds is 4. The van der Waals surface area contributed by atoms with Gasteiger partial charge in [-0.25, -0.2) is 0 Å². The summed E-state index contributed by atoms with van der Waals surface area (Å²) in [6.45, 7) is 5.39. The first-order chi connectivity index (χ1) is 7.33. The lowest BCUT2D eigenvalue weighted by atomic mass is 9.85. The van der Waals surface area contributed by atoms with Crippen molar-refractivity contribution in [3.8, 4) is 0 Å². The van der Waals surface area contributed by atoms with E-state index in [9.17, 15) is 0 Å². The van der Waals surface area contributed by atoms with E-state index < -0.39 is 0 Å². The minimum atomic E-state index is 0.598. The van der Waals surface area contributed by atoms with Gasteiger partial charge in [-0.2, -0.15) is 0 Å². The number of benzene rings is 1. The molecule has 1 aliphatic rings. The summed E-state index contributed by atoms with van der Waals surface area (Å²) in [4.78, 5) is 2.49. The summed E-state index contributed by atoms with van der Waals surface area (Å²) < 4.78 is 5.13. The summed E-state index contributed by atoms with van der Waals surface area (Å²) in [5, 5.41) is 0. The van der Waals surface area contributed by atoms with Crippen molar-refractivity contribution in [2.45, 2.75) is 13.0 Å². The van der Waals surface area contributed by atoms with E-state index in [0.29, 0.717) is 6.04 Å². The number of nitrogens with zero attached hydrogens (tertiary/aromatic N) is 1. The Bertz CT molecular complexity index is 299. The van der Waals surface area contributed by atoms with Crippen molar-refractivity contribution in [1.82, 2.24) is 4.90 Å². The quantitative estimate of drug-likeness (QED) is 0.748. The van der Waals surface area contributed by atoms with Crippen molar-refractivity contribution in [2.24, 2.45) is 5.92 Å². The van der Waals surface area contributed by atoms with Gasteiger partial charge in [-0.3, -0.25) is 4.90 Å². The number of likely N-dealkylation sites (tertiary alicyclic amines) is 1. The van der Waals surface area contributed by atoms with Crippen LogP contribution in [0.25, 0.3) is 0 Å². The van der Waals surface area contributed by atoms with Gasteiger partial charge >= 0.3 is 0 Å². The third-order valence-corrected chi connectivity index (χ3v) is 3.18. The first kappa shape index (κ1) is 10.7. The van der Waals surface area contributed by atoms with E-state index in [1.54, 1.807) is 7.11 Å². The normalized spacial score (nSPS) is 26.3. The first-order valence-electron chi connectivity index (χ1n) is 5.61. The molecule has 1 aromatic rings. The molecule has 0 saturated carbocycles. The topological polar surface area (TPSA) is 12.5 Å². The zero-order valence-corrected chi connectivity index (χ0v) is 9.52. The molecule has 0 bridgehead atoms. The van der Waals surface area contributed by atoms with Gasteiger partial charge in [-0.05, 0) is 11.5 Å². The van der Waals surface area contributed by atoms with E-state index in [2.05, 4.69) is 42.2 Å². The lowest BCUT2D eigenvalue weighted by molar-refractivity contribution is 0.00402. The molecule has 0 aliphatic carbocycles. The molecule has 1 heterocycles. The summed E-state index contributed by atoms with van der Waals surface area (Å²) in [5.74, 6) is 0.768. The van der Waals surface area contributed by atoms with Crippen LogP contribution in [0.3, 0.4) is 0 Å². The van der Waals surface area contributed by atoms with Crippen molar-refractivity contribution in [1.29, 1.82) is 0 Å². The van der Waals surface area contributed by atoms with E-state index in [4.69, 9.17) is 4.74 Å². The van der Waals surface area contributed by atoms with Gasteiger partial charge in [0.25, 0.3) is 0 Å². The Balaban J connectivity index is 2.01. The van der Waals surface area contributed by atoms with Gasteiger partial charge in [0.1, 0.15) is 0 Å². The van der Waals surface area contributed by atoms with E-state index in [-0.39, 0.29) is 0 Å². The van der Waals surface area contributed by atoms with Crippen LogP contribution in [0.4, 0.5) is 0 Å². The van der Waals surface area contributed by atoms with Crippen LogP contribution in [0.2, 0.25) is 0 Å². The molecule has 82 valence electrons. The first-order valence-corrected chi connectivity index (χ1v) is 5.61. The molecular weight excluding hydrogens is 186 g/mol. The summed E-state index contributed by atoms with van der Waals surface area (Å²) in [5.41, 5.74) is 1.44. The number of methoxy groups -OCH3 is 1. The zero-order valence-electron chi connectivity index (χ0n) is 9.52. The maximum absolute atomic E-state index is 5.13. The van der Waals surface area contributed by atoms with Crippen LogP contribution in [0, 0.1) is 5.92 Å².